The summed E-state index contributed by atoms with van der Waals surface area (Å²) in [6, 6.07) is 9.46. The standard InChI is InChI=1S/C19H17Cl2N3O3S2/c20-12-4-6-15(21)14(10-12)18(25)23-19-22-16-7-5-13(11-17(16)28-19)29(26,27)24-8-2-1-3-9-24/h4-7,10-11H,1-3,8-9H2,(H,22,23,25). The Hall–Kier alpha value is -1.71. The van der Waals surface area contributed by atoms with Crippen LogP contribution in [0.2, 0.25) is 10.0 Å². The van der Waals surface area contributed by atoms with Crippen molar-refractivity contribution in [3.8, 4) is 0 Å². The summed E-state index contributed by atoms with van der Waals surface area (Å²) < 4.78 is 28.0. The summed E-state index contributed by atoms with van der Waals surface area (Å²) in [6.07, 6.45) is 2.81. The molecule has 1 fully saturated rings. The molecule has 3 aromatic rings. The lowest BCUT2D eigenvalue weighted by Gasteiger charge is -2.25. The van der Waals surface area contributed by atoms with Crippen LogP contribution in [0, 0.1) is 0 Å². The van der Waals surface area contributed by atoms with Gasteiger partial charge in [0.1, 0.15) is 0 Å². The lowest BCUT2D eigenvalue weighted by atomic mass is 10.2. The molecule has 0 aliphatic carbocycles. The Bertz CT molecular complexity index is 1190. The first-order valence-electron chi connectivity index (χ1n) is 9.02. The predicted octanol–water partition coefficient (Wildman–Crippen LogP) is 5.03. The molecule has 1 aliphatic rings. The third kappa shape index (κ3) is 4.27. The molecule has 1 amide bonds. The lowest BCUT2D eigenvalue weighted by Crippen LogP contribution is -2.35. The highest BCUT2D eigenvalue weighted by atomic mass is 35.5. The minimum Gasteiger partial charge on any atom is -0.298 e. The second-order valence-corrected chi connectivity index (χ2v) is 10.5. The molecule has 1 aromatic heterocycles. The van der Waals surface area contributed by atoms with Gasteiger partial charge in [-0.3, -0.25) is 10.1 Å². The maximum Gasteiger partial charge on any atom is 0.259 e. The highest BCUT2D eigenvalue weighted by Gasteiger charge is 2.26. The number of carbonyl (C=O) groups excluding carboxylic acids is 1. The number of carbonyl (C=O) groups is 1. The fraction of sp³-hybridized carbons (Fsp3) is 0.263. The van der Waals surface area contributed by atoms with E-state index in [9.17, 15) is 13.2 Å². The Labute approximate surface area is 182 Å². The van der Waals surface area contributed by atoms with E-state index in [0.717, 1.165) is 19.3 Å². The van der Waals surface area contributed by atoms with Crippen molar-refractivity contribution in [2.75, 3.05) is 18.4 Å². The number of sulfonamides is 1. The fourth-order valence-corrected chi connectivity index (χ4v) is 6.10. The van der Waals surface area contributed by atoms with Gasteiger partial charge in [0, 0.05) is 18.1 Å². The molecule has 0 saturated carbocycles. The minimum absolute atomic E-state index is 0.242. The molecule has 10 heteroatoms. The number of nitrogens with zero attached hydrogens (tertiary/aromatic N) is 2. The Morgan fingerprint density at radius 2 is 1.83 bits per heavy atom. The van der Waals surface area contributed by atoms with E-state index in [1.807, 2.05) is 0 Å². The molecule has 1 saturated heterocycles. The highest BCUT2D eigenvalue weighted by molar-refractivity contribution is 7.89. The number of fused-ring (bicyclic) bond motifs is 1. The molecule has 4 rings (SSSR count). The zero-order chi connectivity index (χ0) is 20.6. The van der Waals surface area contributed by atoms with Crippen molar-refractivity contribution in [2.24, 2.45) is 0 Å². The van der Waals surface area contributed by atoms with E-state index in [2.05, 4.69) is 10.3 Å². The van der Waals surface area contributed by atoms with Crippen molar-refractivity contribution >= 4 is 65.8 Å². The van der Waals surface area contributed by atoms with Crippen molar-refractivity contribution in [2.45, 2.75) is 24.2 Å². The molecule has 0 radical (unpaired) electrons. The first-order chi connectivity index (χ1) is 13.8. The normalized spacial score (nSPS) is 15.5. The Balaban J connectivity index is 1.60. The predicted molar refractivity (Wildman–Crippen MR) is 117 cm³/mol. The summed E-state index contributed by atoms with van der Waals surface area (Å²) >= 11 is 13.2. The SMILES string of the molecule is O=C(Nc1nc2ccc(S(=O)(=O)N3CCCCC3)cc2s1)c1cc(Cl)ccc1Cl. The molecule has 1 aliphatic heterocycles. The van der Waals surface area contributed by atoms with Crippen LogP contribution in [0.4, 0.5) is 5.13 Å². The molecule has 2 heterocycles. The van der Waals surface area contributed by atoms with Crippen LogP contribution < -0.4 is 5.32 Å². The number of nitrogens with one attached hydrogen (secondary N) is 1. The van der Waals surface area contributed by atoms with E-state index < -0.39 is 15.9 Å². The molecule has 152 valence electrons. The Morgan fingerprint density at radius 3 is 2.59 bits per heavy atom. The van der Waals surface area contributed by atoms with Crippen LogP contribution in [0.15, 0.2) is 41.3 Å². The van der Waals surface area contributed by atoms with Crippen LogP contribution in [-0.4, -0.2) is 36.7 Å². The van der Waals surface area contributed by atoms with E-state index in [1.54, 1.807) is 30.3 Å². The summed E-state index contributed by atoms with van der Waals surface area (Å²) in [5.41, 5.74) is 0.854. The molecule has 0 atom stereocenters. The summed E-state index contributed by atoms with van der Waals surface area (Å²) in [5.74, 6) is -0.433. The van der Waals surface area contributed by atoms with Gasteiger partial charge in [0.2, 0.25) is 10.0 Å². The first kappa shape index (κ1) is 20.6. The molecule has 0 bridgehead atoms. The lowest BCUT2D eigenvalue weighted by molar-refractivity contribution is 0.102. The van der Waals surface area contributed by atoms with E-state index in [1.165, 1.54) is 21.7 Å². The minimum atomic E-state index is -3.53. The smallest absolute Gasteiger partial charge is 0.259 e. The van der Waals surface area contributed by atoms with Gasteiger partial charge < -0.3 is 0 Å². The van der Waals surface area contributed by atoms with Gasteiger partial charge in [0.05, 0.1) is 25.7 Å². The largest absolute Gasteiger partial charge is 0.298 e. The van der Waals surface area contributed by atoms with Crippen molar-refractivity contribution in [1.29, 1.82) is 0 Å². The van der Waals surface area contributed by atoms with Gasteiger partial charge in [-0.2, -0.15) is 4.31 Å². The third-order valence-corrected chi connectivity index (χ3v) is 8.10. The summed E-state index contributed by atoms with van der Waals surface area (Å²) in [6.45, 7) is 1.09. The van der Waals surface area contributed by atoms with Gasteiger partial charge >= 0.3 is 0 Å². The second-order valence-electron chi connectivity index (χ2n) is 6.69. The summed E-state index contributed by atoms with van der Waals surface area (Å²) in [5, 5.41) is 3.74. The average molecular weight is 470 g/mol. The average Bonchev–Trinajstić information content (AvgIpc) is 3.11. The number of anilines is 1. The van der Waals surface area contributed by atoms with Crippen LogP contribution in [0.1, 0.15) is 29.6 Å². The van der Waals surface area contributed by atoms with E-state index in [4.69, 9.17) is 23.2 Å². The zero-order valence-corrected chi connectivity index (χ0v) is 18.3. The molecular weight excluding hydrogens is 453 g/mol. The Morgan fingerprint density at radius 1 is 1.07 bits per heavy atom. The van der Waals surface area contributed by atoms with Crippen LogP contribution in [0.25, 0.3) is 10.2 Å². The van der Waals surface area contributed by atoms with Crippen molar-refractivity contribution in [3.63, 3.8) is 0 Å². The van der Waals surface area contributed by atoms with Gasteiger partial charge in [0.15, 0.2) is 5.13 Å². The number of hydrogen-bond acceptors (Lipinski definition) is 5. The molecular formula is C19H17Cl2N3O3S2. The molecule has 2 aromatic carbocycles. The number of piperidine rings is 1. The molecule has 29 heavy (non-hydrogen) atoms. The first-order valence-corrected chi connectivity index (χ1v) is 12.0. The van der Waals surface area contributed by atoms with Gasteiger partial charge in [-0.15, -0.1) is 0 Å². The quantitative estimate of drug-likeness (QED) is 0.580. The topological polar surface area (TPSA) is 79.4 Å². The number of benzene rings is 2. The second kappa shape index (κ2) is 8.20. The van der Waals surface area contributed by atoms with Gasteiger partial charge in [-0.05, 0) is 49.2 Å². The number of thiazole rings is 1. The van der Waals surface area contributed by atoms with Crippen LogP contribution in [-0.2, 0) is 10.0 Å². The fourth-order valence-electron chi connectivity index (χ4n) is 3.21. The maximum atomic E-state index is 12.9. The van der Waals surface area contributed by atoms with Crippen molar-refractivity contribution in [1.82, 2.24) is 9.29 Å². The number of rotatable bonds is 4. The molecule has 0 spiro atoms. The van der Waals surface area contributed by atoms with Crippen LogP contribution in [0.3, 0.4) is 0 Å². The third-order valence-electron chi connectivity index (χ3n) is 4.71. The maximum absolute atomic E-state index is 12.9. The Kier molecular flexibility index (Phi) is 5.81. The van der Waals surface area contributed by atoms with Crippen LogP contribution >= 0.6 is 34.5 Å². The summed E-state index contributed by atoms with van der Waals surface area (Å²) in [4.78, 5) is 17.1. The molecule has 1 N–H and O–H groups in total. The summed E-state index contributed by atoms with van der Waals surface area (Å²) in [7, 11) is -3.53. The van der Waals surface area contributed by atoms with Crippen LogP contribution in [0.5, 0.6) is 0 Å². The van der Waals surface area contributed by atoms with E-state index >= 15 is 0 Å². The van der Waals surface area contributed by atoms with Crippen molar-refractivity contribution < 1.29 is 13.2 Å². The highest BCUT2D eigenvalue weighted by Crippen LogP contribution is 2.31. The van der Waals surface area contributed by atoms with E-state index in [0.29, 0.717) is 33.5 Å². The molecule has 0 unspecified atom stereocenters. The zero-order valence-electron chi connectivity index (χ0n) is 15.2. The van der Waals surface area contributed by atoms with Gasteiger partial charge in [0.25, 0.3) is 5.91 Å². The van der Waals surface area contributed by atoms with E-state index in [-0.39, 0.29) is 15.5 Å². The molecule has 6 nitrogen and oxygen atoms in total. The number of aromatic nitrogens is 1. The monoisotopic (exact) mass is 469 g/mol. The van der Waals surface area contributed by atoms with Gasteiger partial charge in [-0.1, -0.05) is 41.0 Å². The number of hydrogen-bond donors (Lipinski definition) is 1. The van der Waals surface area contributed by atoms with Crippen molar-refractivity contribution in [3.05, 3.63) is 52.0 Å². The number of halogens is 2. The number of amides is 1. The van der Waals surface area contributed by atoms with Gasteiger partial charge in [-0.25, -0.2) is 13.4 Å².